The highest BCUT2D eigenvalue weighted by molar-refractivity contribution is 5.94. The lowest BCUT2D eigenvalue weighted by Crippen LogP contribution is -2.47. The van der Waals surface area contributed by atoms with Crippen molar-refractivity contribution in [3.63, 3.8) is 0 Å². The number of nitrogens with zero attached hydrogens (tertiary/aromatic N) is 1. The van der Waals surface area contributed by atoms with Gasteiger partial charge in [-0.05, 0) is 49.9 Å². The summed E-state index contributed by atoms with van der Waals surface area (Å²) in [6.45, 7) is 7.18. The van der Waals surface area contributed by atoms with E-state index in [1.165, 1.54) is 0 Å². The molecule has 0 saturated carbocycles. The van der Waals surface area contributed by atoms with Crippen LogP contribution in [-0.2, 0) is 9.59 Å². The fourth-order valence-electron chi connectivity index (χ4n) is 2.86. The lowest BCUT2D eigenvalue weighted by Gasteiger charge is -2.21. The number of carbonyl (C=O) groups excluding carboxylic acids is 3. The summed E-state index contributed by atoms with van der Waals surface area (Å²) in [5, 5.41) is 8.17. The number of benzene rings is 1. The summed E-state index contributed by atoms with van der Waals surface area (Å²) >= 11 is 0. The first-order valence-corrected chi connectivity index (χ1v) is 9.11. The molecular weight excluding hydrogens is 332 g/mol. The van der Waals surface area contributed by atoms with E-state index in [-0.39, 0.29) is 11.8 Å². The molecule has 4 amide bonds. The van der Waals surface area contributed by atoms with Gasteiger partial charge in [-0.1, -0.05) is 13.8 Å². The van der Waals surface area contributed by atoms with Gasteiger partial charge in [-0.2, -0.15) is 0 Å². The van der Waals surface area contributed by atoms with E-state index < -0.39 is 12.1 Å². The third kappa shape index (κ3) is 6.06. The van der Waals surface area contributed by atoms with Crippen molar-refractivity contribution in [3.8, 4) is 0 Å². The largest absolute Gasteiger partial charge is 0.341 e. The first-order chi connectivity index (χ1) is 12.3. The van der Waals surface area contributed by atoms with Gasteiger partial charge in [0.1, 0.15) is 6.04 Å². The minimum absolute atomic E-state index is 0.0345. The number of hydrogen-bond acceptors (Lipinski definition) is 3. The standard InChI is InChI=1S/C19H28N4O3/c1-13(2)12-17(24)21-15-6-8-16(9-7-15)22-19(26)20-14(3)18(25)23-10-4-5-11-23/h6-9,13-14H,4-5,10-12H2,1-3H3,(H,21,24)(H2,20,22,26)/t14-/m1/s1. The molecule has 1 atom stereocenters. The summed E-state index contributed by atoms with van der Waals surface area (Å²) in [5.41, 5.74) is 1.27. The number of amides is 4. The fraction of sp³-hybridized carbons (Fsp3) is 0.526. The molecule has 1 aliphatic rings. The van der Waals surface area contributed by atoms with Crippen LogP contribution in [0.25, 0.3) is 0 Å². The predicted molar refractivity (Wildman–Crippen MR) is 102 cm³/mol. The van der Waals surface area contributed by atoms with E-state index in [0.717, 1.165) is 25.9 Å². The van der Waals surface area contributed by atoms with Crippen molar-refractivity contribution >= 4 is 29.2 Å². The summed E-state index contributed by atoms with van der Waals surface area (Å²) < 4.78 is 0. The molecule has 0 unspecified atom stereocenters. The number of rotatable bonds is 6. The second-order valence-electron chi connectivity index (χ2n) is 7.08. The highest BCUT2D eigenvalue weighted by Gasteiger charge is 2.24. The van der Waals surface area contributed by atoms with Crippen LogP contribution in [0.2, 0.25) is 0 Å². The van der Waals surface area contributed by atoms with Crippen LogP contribution >= 0.6 is 0 Å². The fourth-order valence-corrected chi connectivity index (χ4v) is 2.86. The third-order valence-electron chi connectivity index (χ3n) is 4.16. The first kappa shape index (κ1) is 19.8. The Morgan fingerprint density at radius 3 is 2.04 bits per heavy atom. The normalized spacial score (nSPS) is 14.8. The zero-order valence-electron chi connectivity index (χ0n) is 15.7. The molecule has 1 aliphatic heterocycles. The van der Waals surface area contributed by atoms with E-state index in [1.807, 2.05) is 13.8 Å². The number of nitrogens with one attached hydrogen (secondary N) is 3. The Morgan fingerprint density at radius 1 is 0.962 bits per heavy atom. The van der Waals surface area contributed by atoms with Gasteiger partial charge < -0.3 is 20.9 Å². The molecule has 1 fully saturated rings. The molecule has 7 heteroatoms. The minimum atomic E-state index is -0.567. The van der Waals surface area contributed by atoms with Gasteiger partial charge in [-0.15, -0.1) is 0 Å². The van der Waals surface area contributed by atoms with E-state index in [1.54, 1.807) is 36.1 Å². The van der Waals surface area contributed by atoms with Gasteiger partial charge >= 0.3 is 6.03 Å². The van der Waals surface area contributed by atoms with E-state index in [9.17, 15) is 14.4 Å². The highest BCUT2D eigenvalue weighted by Crippen LogP contribution is 2.15. The van der Waals surface area contributed by atoms with Crippen LogP contribution in [0.3, 0.4) is 0 Å². The van der Waals surface area contributed by atoms with Crippen molar-refractivity contribution < 1.29 is 14.4 Å². The maximum absolute atomic E-state index is 12.2. The van der Waals surface area contributed by atoms with Crippen LogP contribution in [-0.4, -0.2) is 41.9 Å². The molecule has 0 aromatic heterocycles. The van der Waals surface area contributed by atoms with Crippen molar-refractivity contribution in [1.29, 1.82) is 0 Å². The summed E-state index contributed by atoms with van der Waals surface area (Å²) in [5.74, 6) is 0.207. The van der Waals surface area contributed by atoms with E-state index in [0.29, 0.717) is 23.7 Å². The molecule has 3 N–H and O–H groups in total. The topological polar surface area (TPSA) is 90.5 Å². The average Bonchev–Trinajstić information content (AvgIpc) is 3.09. The number of hydrogen-bond donors (Lipinski definition) is 3. The van der Waals surface area contributed by atoms with Gasteiger partial charge in [-0.3, -0.25) is 9.59 Å². The van der Waals surface area contributed by atoms with Crippen LogP contribution in [0.5, 0.6) is 0 Å². The molecular formula is C19H28N4O3. The Hall–Kier alpha value is -2.57. The SMILES string of the molecule is CC(C)CC(=O)Nc1ccc(NC(=O)N[C@H](C)C(=O)N2CCCC2)cc1. The Morgan fingerprint density at radius 2 is 1.50 bits per heavy atom. The third-order valence-corrected chi connectivity index (χ3v) is 4.16. The molecule has 1 heterocycles. The van der Waals surface area contributed by atoms with Crippen molar-refractivity contribution in [2.24, 2.45) is 5.92 Å². The predicted octanol–water partition coefficient (Wildman–Crippen LogP) is 2.80. The van der Waals surface area contributed by atoms with Crippen LogP contribution in [0.15, 0.2) is 24.3 Å². The van der Waals surface area contributed by atoms with Gasteiger partial charge in [0.15, 0.2) is 0 Å². The van der Waals surface area contributed by atoms with Gasteiger partial charge in [-0.25, -0.2) is 4.79 Å². The Bertz CT molecular complexity index is 637. The van der Waals surface area contributed by atoms with E-state index in [4.69, 9.17) is 0 Å². The van der Waals surface area contributed by atoms with E-state index >= 15 is 0 Å². The van der Waals surface area contributed by atoms with Gasteiger partial charge in [0.25, 0.3) is 0 Å². The average molecular weight is 360 g/mol. The molecule has 26 heavy (non-hydrogen) atoms. The quantitative estimate of drug-likeness (QED) is 0.728. The van der Waals surface area contributed by atoms with E-state index in [2.05, 4.69) is 16.0 Å². The minimum Gasteiger partial charge on any atom is -0.341 e. The molecule has 0 aliphatic carbocycles. The van der Waals surface area contributed by atoms with Crippen molar-refractivity contribution in [2.75, 3.05) is 23.7 Å². The van der Waals surface area contributed by atoms with Crippen molar-refractivity contribution in [2.45, 2.75) is 46.1 Å². The zero-order chi connectivity index (χ0) is 19.1. The molecule has 2 rings (SSSR count). The van der Waals surface area contributed by atoms with Gasteiger partial charge in [0.05, 0.1) is 0 Å². The molecule has 1 aromatic carbocycles. The van der Waals surface area contributed by atoms with Crippen LogP contribution < -0.4 is 16.0 Å². The number of carbonyl (C=O) groups is 3. The van der Waals surface area contributed by atoms with Crippen LogP contribution in [0.1, 0.15) is 40.0 Å². The number of likely N-dealkylation sites (tertiary alicyclic amines) is 1. The lowest BCUT2D eigenvalue weighted by atomic mass is 10.1. The van der Waals surface area contributed by atoms with Gasteiger partial charge in [0, 0.05) is 30.9 Å². The number of urea groups is 1. The first-order valence-electron chi connectivity index (χ1n) is 9.11. The molecule has 0 spiro atoms. The summed E-state index contributed by atoms with van der Waals surface area (Å²) in [6, 6.07) is 5.87. The molecule has 1 saturated heterocycles. The van der Waals surface area contributed by atoms with Crippen LogP contribution in [0.4, 0.5) is 16.2 Å². The molecule has 0 bridgehead atoms. The summed E-state index contributed by atoms with van der Waals surface area (Å²) in [7, 11) is 0. The monoisotopic (exact) mass is 360 g/mol. The second-order valence-corrected chi connectivity index (χ2v) is 7.08. The molecule has 142 valence electrons. The summed E-state index contributed by atoms with van der Waals surface area (Å²) in [6.07, 6.45) is 2.50. The van der Waals surface area contributed by atoms with Crippen molar-refractivity contribution in [1.82, 2.24) is 10.2 Å². The molecule has 1 aromatic rings. The number of anilines is 2. The van der Waals surface area contributed by atoms with Crippen molar-refractivity contribution in [3.05, 3.63) is 24.3 Å². The van der Waals surface area contributed by atoms with Gasteiger partial charge in [0.2, 0.25) is 11.8 Å². The second kappa shape index (κ2) is 9.22. The maximum atomic E-state index is 12.2. The molecule has 0 radical (unpaired) electrons. The Kier molecular flexibility index (Phi) is 7.00. The highest BCUT2D eigenvalue weighted by atomic mass is 16.2. The van der Waals surface area contributed by atoms with Crippen LogP contribution in [0, 0.1) is 5.92 Å². The maximum Gasteiger partial charge on any atom is 0.319 e. The smallest absolute Gasteiger partial charge is 0.319 e. The summed E-state index contributed by atoms with van der Waals surface area (Å²) in [4.78, 5) is 37.8. The lowest BCUT2D eigenvalue weighted by molar-refractivity contribution is -0.131. The Balaban J connectivity index is 1.81. The molecule has 7 nitrogen and oxygen atoms in total. The zero-order valence-corrected chi connectivity index (χ0v) is 15.7. The Labute approximate surface area is 154 Å².